The van der Waals surface area contributed by atoms with E-state index in [1.54, 1.807) is 22.3 Å². The van der Waals surface area contributed by atoms with E-state index in [0.29, 0.717) is 10.8 Å². The van der Waals surface area contributed by atoms with Gasteiger partial charge in [-0.3, -0.25) is 0 Å². The summed E-state index contributed by atoms with van der Waals surface area (Å²) in [5.74, 6) is 0. The Balaban J connectivity index is 2.00. The third-order valence-corrected chi connectivity index (χ3v) is 7.65. The molecule has 0 N–H and O–H groups in total. The van der Waals surface area contributed by atoms with E-state index in [2.05, 4.69) is 65.8 Å². The Morgan fingerprint density at radius 1 is 0.607 bits per heavy atom. The van der Waals surface area contributed by atoms with Crippen LogP contribution in [0, 0.1) is 10.8 Å². The lowest BCUT2D eigenvalue weighted by atomic mass is 9.68. The maximum absolute atomic E-state index is 2.65. The van der Waals surface area contributed by atoms with Crippen LogP contribution in [0.15, 0.2) is 46.6 Å². The van der Waals surface area contributed by atoms with Crippen molar-refractivity contribution in [1.29, 1.82) is 0 Å². The molecule has 0 aliphatic heterocycles. The van der Waals surface area contributed by atoms with Crippen molar-refractivity contribution in [1.82, 2.24) is 0 Å². The molecule has 158 valence electrons. The highest BCUT2D eigenvalue weighted by molar-refractivity contribution is 5.33. The molecule has 0 spiro atoms. The van der Waals surface area contributed by atoms with Gasteiger partial charge in [-0.15, -0.1) is 0 Å². The van der Waals surface area contributed by atoms with Crippen LogP contribution in [0.4, 0.5) is 0 Å². The minimum atomic E-state index is 0.427. The molecule has 2 aliphatic carbocycles. The van der Waals surface area contributed by atoms with Gasteiger partial charge < -0.3 is 0 Å². The Labute approximate surface area is 176 Å². The zero-order chi connectivity index (χ0) is 20.6. The summed E-state index contributed by atoms with van der Waals surface area (Å²) in [7, 11) is 0. The molecule has 28 heavy (non-hydrogen) atoms. The first kappa shape index (κ1) is 23.2. The first-order valence-corrected chi connectivity index (χ1v) is 12.3. The summed E-state index contributed by atoms with van der Waals surface area (Å²) < 4.78 is 0. The van der Waals surface area contributed by atoms with Gasteiger partial charge in [0.1, 0.15) is 0 Å². The van der Waals surface area contributed by atoms with Gasteiger partial charge in [0, 0.05) is 0 Å². The molecule has 0 fully saturated rings. The van der Waals surface area contributed by atoms with Crippen LogP contribution in [0.3, 0.4) is 0 Å². The fraction of sp³-hybridized carbons (Fsp3) is 0.714. The molecule has 0 heterocycles. The Morgan fingerprint density at radius 3 is 1.29 bits per heavy atom. The third kappa shape index (κ3) is 5.74. The molecular formula is C28H46. The average molecular weight is 383 g/mol. The number of rotatable bonds is 11. The van der Waals surface area contributed by atoms with Crippen LogP contribution >= 0.6 is 0 Å². The predicted molar refractivity (Wildman–Crippen MR) is 127 cm³/mol. The lowest BCUT2D eigenvalue weighted by Crippen LogP contribution is -2.23. The van der Waals surface area contributed by atoms with Gasteiger partial charge in [0.25, 0.3) is 0 Å². The maximum atomic E-state index is 2.65. The molecule has 0 amide bonds. The number of unbranched alkanes of at least 4 members (excludes halogenated alkanes) is 1. The van der Waals surface area contributed by atoms with E-state index in [1.807, 2.05) is 0 Å². The zero-order valence-corrected chi connectivity index (χ0v) is 19.8. The highest BCUT2D eigenvalue weighted by atomic mass is 14.4. The summed E-state index contributed by atoms with van der Waals surface area (Å²) in [6, 6.07) is 0. The van der Waals surface area contributed by atoms with Crippen LogP contribution in [0.25, 0.3) is 0 Å². The quantitative estimate of drug-likeness (QED) is 0.312. The summed E-state index contributed by atoms with van der Waals surface area (Å²) in [5, 5.41) is 0. The van der Waals surface area contributed by atoms with E-state index >= 15 is 0 Å². The van der Waals surface area contributed by atoms with E-state index in [-0.39, 0.29) is 0 Å². The molecule has 0 aromatic rings. The van der Waals surface area contributed by atoms with Crippen molar-refractivity contribution in [2.45, 2.75) is 119 Å². The Morgan fingerprint density at radius 2 is 1.00 bits per heavy atom. The molecule has 0 nitrogen and oxygen atoms in total. The second kappa shape index (κ2) is 10.7. The molecular weight excluding hydrogens is 336 g/mol. The van der Waals surface area contributed by atoms with Crippen LogP contribution in [-0.4, -0.2) is 0 Å². The third-order valence-electron chi connectivity index (χ3n) is 7.65. The number of hydrogen-bond acceptors (Lipinski definition) is 0. The van der Waals surface area contributed by atoms with E-state index in [1.165, 1.54) is 77.0 Å². The molecule has 0 bridgehead atoms. The normalized spacial score (nSPS) is 27.8. The lowest BCUT2D eigenvalue weighted by molar-refractivity contribution is 0.277. The molecule has 2 rings (SSSR count). The van der Waals surface area contributed by atoms with Gasteiger partial charge in [0.2, 0.25) is 0 Å². The molecule has 0 radical (unpaired) electrons. The van der Waals surface area contributed by atoms with Crippen molar-refractivity contribution in [2.75, 3.05) is 0 Å². The second-order valence-corrected chi connectivity index (χ2v) is 9.45. The first-order chi connectivity index (χ1) is 13.5. The van der Waals surface area contributed by atoms with Crippen LogP contribution < -0.4 is 0 Å². The first-order valence-electron chi connectivity index (χ1n) is 12.3. The van der Waals surface area contributed by atoms with Gasteiger partial charge in [-0.25, -0.2) is 0 Å². The summed E-state index contributed by atoms with van der Waals surface area (Å²) in [5.41, 5.74) is 7.36. The van der Waals surface area contributed by atoms with Crippen LogP contribution in [0.1, 0.15) is 119 Å². The lowest BCUT2D eigenvalue weighted by Gasteiger charge is -2.37. The SMILES string of the molecule is CCC1=CC(CC)(CCCCC2(CC)C=C(CC)C=C(CC)C2)CC(CC)=C1. The topological polar surface area (TPSA) is 0 Å². The fourth-order valence-corrected chi connectivity index (χ4v) is 5.45. The largest absolute Gasteiger partial charge is 0.0748 e. The summed E-state index contributed by atoms with van der Waals surface area (Å²) in [4.78, 5) is 0. The monoisotopic (exact) mass is 382 g/mol. The second-order valence-electron chi connectivity index (χ2n) is 9.45. The molecule has 0 heteroatoms. The van der Waals surface area contributed by atoms with Crippen LogP contribution in [-0.2, 0) is 0 Å². The van der Waals surface area contributed by atoms with Gasteiger partial charge in [-0.2, -0.15) is 0 Å². The van der Waals surface area contributed by atoms with Crippen molar-refractivity contribution in [2.24, 2.45) is 10.8 Å². The molecule has 0 aromatic carbocycles. The highest BCUT2D eigenvalue weighted by Crippen LogP contribution is 2.45. The van der Waals surface area contributed by atoms with Crippen LogP contribution in [0.2, 0.25) is 0 Å². The summed E-state index contributed by atoms with van der Waals surface area (Å²) >= 11 is 0. The van der Waals surface area contributed by atoms with Gasteiger partial charge in [-0.05, 0) is 75.0 Å². The number of allylic oxidation sites excluding steroid dienone is 8. The molecule has 2 aliphatic rings. The van der Waals surface area contributed by atoms with Crippen molar-refractivity contribution in [3.63, 3.8) is 0 Å². The Bertz CT molecular complexity index is 570. The smallest absolute Gasteiger partial charge is 0.00778 e. The number of hydrogen-bond donors (Lipinski definition) is 0. The molecule has 0 aromatic heterocycles. The molecule has 2 unspecified atom stereocenters. The van der Waals surface area contributed by atoms with E-state index in [0.717, 1.165) is 0 Å². The average Bonchev–Trinajstić information content (AvgIpc) is 2.75. The Kier molecular flexibility index (Phi) is 8.84. The molecule has 0 saturated carbocycles. The van der Waals surface area contributed by atoms with Crippen molar-refractivity contribution < 1.29 is 0 Å². The highest BCUT2D eigenvalue weighted by Gasteiger charge is 2.31. The minimum absolute atomic E-state index is 0.427. The van der Waals surface area contributed by atoms with E-state index in [4.69, 9.17) is 0 Å². The summed E-state index contributed by atoms with van der Waals surface area (Å²) in [6.45, 7) is 14.1. The van der Waals surface area contributed by atoms with Crippen molar-refractivity contribution in [3.8, 4) is 0 Å². The molecule has 2 atom stereocenters. The van der Waals surface area contributed by atoms with Crippen molar-refractivity contribution >= 4 is 0 Å². The van der Waals surface area contributed by atoms with E-state index in [9.17, 15) is 0 Å². The Hall–Kier alpha value is -1.04. The molecule has 0 saturated heterocycles. The van der Waals surface area contributed by atoms with Gasteiger partial charge in [0.15, 0.2) is 0 Å². The van der Waals surface area contributed by atoms with Crippen molar-refractivity contribution in [3.05, 3.63) is 46.6 Å². The standard InChI is InChI=1S/C28H46/c1-7-23-17-24(8-2)20-27(11-5,19-23)15-13-14-16-28(12-6)21-25(9-3)18-26(10-4)22-28/h17-19,21H,7-16,20,22H2,1-6H3. The zero-order valence-electron chi connectivity index (χ0n) is 19.8. The minimum Gasteiger partial charge on any atom is -0.0748 e. The van der Waals surface area contributed by atoms with Crippen LogP contribution in [0.5, 0.6) is 0 Å². The maximum Gasteiger partial charge on any atom is -0.00778 e. The van der Waals surface area contributed by atoms with Gasteiger partial charge >= 0.3 is 0 Å². The van der Waals surface area contributed by atoms with Gasteiger partial charge in [0.05, 0.1) is 0 Å². The van der Waals surface area contributed by atoms with Gasteiger partial charge in [-0.1, -0.05) is 101 Å². The fourth-order valence-electron chi connectivity index (χ4n) is 5.45. The summed E-state index contributed by atoms with van der Waals surface area (Å²) in [6.07, 6.45) is 25.7. The van der Waals surface area contributed by atoms with E-state index < -0.39 is 0 Å². The predicted octanol–water partition coefficient (Wildman–Crippen LogP) is 9.49.